The number of benzene rings is 10. The molecule has 0 aromatic heterocycles. The largest absolute Gasteiger partial charge is 0.423 e. The molecule has 0 N–H and O–H groups in total. The average molecular weight is 1810 g/mol. The predicted molar refractivity (Wildman–Crippen MR) is 516 cm³/mol. The number of rotatable bonds is 45. The van der Waals surface area contributed by atoms with Gasteiger partial charge in [-0.3, -0.25) is 23.5 Å². The molecule has 10 aromatic rings. The normalized spacial score (nSPS) is 10.1. The Morgan fingerprint density at radius 1 is 0.176 bits per heavy atom. The molecule has 5 radical (unpaired) electrons. The molecule has 675 valence electrons. The second-order valence-electron chi connectivity index (χ2n) is 30.4. The van der Waals surface area contributed by atoms with Crippen molar-refractivity contribution < 1.29 is 71.2 Å². The molecule has 0 aliphatic carbocycles. The van der Waals surface area contributed by atoms with Crippen molar-refractivity contribution in [3.05, 3.63) is 298 Å². The lowest BCUT2D eigenvalue weighted by molar-refractivity contribution is 0.0725. The van der Waals surface area contributed by atoms with Gasteiger partial charge < -0.3 is 23.7 Å². The average Bonchev–Trinajstić information content (AvgIpc) is 0.887. The van der Waals surface area contributed by atoms with Crippen molar-refractivity contribution >= 4 is 93.0 Å². The molecule has 0 amide bonds. The first-order chi connectivity index (χ1) is 58.4. The summed E-state index contributed by atoms with van der Waals surface area (Å²) in [4.78, 5) is 64.3. The Hall–Kier alpha value is -9.70. The first kappa shape index (κ1) is 113. The van der Waals surface area contributed by atoms with Gasteiger partial charge >= 0.3 is 29.8 Å². The number of hydrogen-bond donors (Lipinski definition) is 0. The van der Waals surface area contributed by atoms with Crippen molar-refractivity contribution in [2.75, 3.05) is 0 Å². The Kier molecular flexibility index (Phi) is 63.0. The Morgan fingerprint density at radius 2 is 0.296 bits per heavy atom. The monoisotopic (exact) mass is 1810 g/mol. The molecule has 20 heteroatoms. The number of ether oxygens (including phenoxy) is 5. The fourth-order valence-corrected chi connectivity index (χ4v) is 13.6. The molecule has 0 saturated carbocycles. The quantitative estimate of drug-likeness (QED) is 0.0157. The van der Waals surface area contributed by atoms with E-state index in [0.717, 1.165) is 56.6 Å². The molecule has 0 aliphatic heterocycles. The van der Waals surface area contributed by atoms with Gasteiger partial charge in [-0.05, 0) is 274 Å². The minimum absolute atomic E-state index is 0. The van der Waals surface area contributed by atoms with Crippen LogP contribution in [0.4, 0.5) is 23.5 Å². The summed E-state index contributed by atoms with van der Waals surface area (Å²) in [5, 5.41) is 0. The lowest BCUT2D eigenvalue weighted by atomic mass is 10.0. The van der Waals surface area contributed by atoms with E-state index < -0.39 is 0 Å². The van der Waals surface area contributed by atoms with Gasteiger partial charge in [-0.15, -0.1) is 0 Å². The number of hydrogen-bond acceptors (Lipinski definition) is 10. The highest BCUT2D eigenvalue weighted by atomic mass is 32.1. The Labute approximate surface area is 769 Å². The second kappa shape index (κ2) is 69.5. The molecule has 0 fully saturated rings. The zero-order valence-electron chi connectivity index (χ0n) is 73.5. The number of unbranched alkanes of at least 4 members (excludes halogenated alkanes) is 25. The van der Waals surface area contributed by atoms with E-state index in [1.165, 1.54) is 220 Å². The van der Waals surface area contributed by atoms with Crippen molar-refractivity contribution in [2.45, 2.75) is 284 Å². The maximum absolute atomic E-state index is 12.1. The van der Waals surface area contributed by atoms with Crippen LogP contribution in [-0.4, -0.2) is 29.8 Å². The summed E-state index contributed by atoms with van der Waals surface area (Å²) in [6, 6.07) is 73.3. The smallest absolute Gasteiger partial charge is 0.343 e. The maximum Gasteiger partial charge on any atom is 0.343 e. The highest BCUT2D eigenvalue weighted by Crippen LogP contribution is 2.25. The molecule has 0 bridgehead atoms. The minimum atomic E-state index is -0.335. The Bertz CT molecular complexity index is 3780. The first-order valence-electron chi connectivity index (χ1n) is 43.8. The summed E-state index contributed by atoms with van der Waals surface area (Å²) >= 11 is 25.1. The third-order valence-corrected chi connectivity index (χ3v) is 21.6. The van der Waals surface area contributed by atoms with E-state index in [1.807, 2.05) is 121 Å². The highest BCUT2D eigenvalue weighted by Gasteiger charge is 2.15. The molecule has 125 heavy (non-hydrogen) atoms. The van der Waals surface area contributed by atoms with Crippen LogP contribution in [0.25, 0.3) is 0 Å². The van der Waals surface area contributed by atoms with E-state index >= 15 is 0 Å². The summed E-state index contributed by atoms with van der Waals surface area (Å²) in [5.41, 5.74) is 9.24. The summed E-state index contributed by atoms with van der Waals surface area (Å²) in [6.45, 7) is 11.2. The summed E-state index contributed by atoms with van der Waals surface area (Å²) < 4.78 is 26.7. The molecular formula is C105H130F5O10S5. The van der Waals surface area contributed by atoms with E-state index in [2.05, 4.69) is 34.6 Å². The number of aryl methyl sites for hydroxylation is 5. The van der Waals surface area contributed by atoms with Crippen molar-refractivity contribution in [2.24, 2.45) is 0 Å². The Morgan fingerprint density at radius 3 is 0.424 bits per heavy atom. The maximum atomic E-state index is 12.1. The standard InChI is InChI=1S/5C21H25O2S.5FH/c5*1-2-3-4-5-6-7-8-17-9-11-18(12-10-17)21(22)23-19-13-15-20(24)16-14-19;;;;;/h5*9-16H,2-8H2,1H3;5*1H. The van der Waals surface area contributed by atoms with Crippen LogP contribution in [0.2, 0.25) is 0 Å². The van der Waals surface area contributed by atoms with Crippen molar-refractivity contribution in [1.29, 1.82) is 0 Å². The van der Waals surface area contributed by atoms with E-state index in [0.29, 0.717) is 56.6 Å². The highest BCUT2D eigenvalue weighted by molar-refractivity contribution is 7.81. The fourth-order valence-electron chi connectivity index (χ4n) is 13.0. The van der Waals surface area contributed by atoms with Crippen molar-refractivity contribution in [3.8, 4) is 28.7 Å². The summed E-state index contributed by atoms with van der Waals surface area (Å²) in [6.07, 6.45) is 44.2. The minimum Gasteiger partial charge on any atom is -0.423 e. The van der Waals surface area contributed by atoms with Crippen LogP contribution in [0.3, 0.4) is 0 Å². The number of carbonyl (C=O) groups is 5. The van der Waals surface area contributed by atoms with Crippen LogP contribution in [-0.2, 0) is 32.1 Å². The van der Waals surface area contributed by atoms with Crippen LogP contribution < -0.4 is 23.7 Å². The molecular weight excluding hydrogens is 1680 g/mol. The number of carbonyl (C=O) groups excluding carboxylic acids is 5. The summed E-state index contributed by atoms with van der Waals surface area (Å²) in [5.74, 6) is 0.917. The van der Waals surface area contributed by atoms with Gasteiger partial charge in [0, 0.05) is 24.5 Å². The van der Waals surface area contributed by atoms with Crippen LogP contribution in [0.1, 0.15) is 307 Å². The van der Waals surface area contributed by atoms with E-state index in [1.54, 1.807) is 121 Å². The third kappa shape index (κ3) is 49.7. The molecule has 10 rings (SSSR count). The fraction of sp³-hybridized carbons (Fsp3) is 0.381. The van der Waals surface area contributed by atoms with Crippen molar-refractivity contribution in [3.63, 3.8) is 0 Å². The molecule has 0 unspecified atom stereocenters. The molecule has 0 atom stereocenters. The van der Waals surface area contributed by atoms with Gasteiger partial charge in [0.15, 0.2) is 0 Å². The molecule has 10 nitrogen and oxygen atoms in total. The predicted octanol–water partition coefficient (Wildman–Crippen LogP) is 32.6. The first-order valence-corrected chi connectivity index (χ1v) is 45.9. The van der Waals surface area contributed by atoms with E-state index in [9.17, 15) is 24.0 Å². The van der Waals surface area contributed by atoms with Gasteiger partial charge in [-0.25, -0.2) is 24.0 Å². The van der Waals surface area contributed by atoms with Gasteiger partial charge in [-0.2, -0.15) is 0 Å². The SMILES string of the molecule is CCCCCCCCc1ccc(C(=O)Oc2ccc([S])cc2)cc1.CCCCCCCCc1ccc(C(=O)Oc2ccc([S])cc2)cc1.CCCCCCCCc1ccc(C(=O)Oc2ccc([S])cc2)cc1.CCCCCCCCc1ccc(C(=O)Oc2ccc([S])cc2)cc1.CCCCCCCCc1ccc(C(=O)Oc2ccc([S])cc2)cc1.F.F.F.F.F. The lowest BCUT2D eigenvalue weighted by Crippen LogP contribution is -2.08. The number of halogens is 5. The van der Waals surface area contributed by atoms with Crippen LogP contribution in [0, 0.1) is 0 Å². The second-order valence-corrected chi connectivity index (χ2v) is 32.7. The van der Waals surface area contributed by atoms with E-state index in [-0.39, 0.29) is 53.4 Å². The van der Waals surface area contributed by atoms with Crippen molar-refractivity contribution in [1.82, 2.24) is 0 Å². The molecule has 0 saturated heterocycles. The summed E-state index contributed by atoms with van der Waals surface area (Å²) in [7, 11) is 0. The Balaban J connectivity index is 0.000000774. The van der Waals surface area contributed by atoms with Gasteiger partial charge in [0.05, 0.1) is 27.8 Å². The van der Waals surface area contributed by atoms with Gasteiger partial charge in [0.25, 0.3) is 0 Å². The van der Waals surface area contributed by atoms with Crippen LogP contribution in [0.5, 0.6) is 28.7 Å². The number of esters is 5. The van der Waals surface area contributed by atoms with Gasteiger partial charge in [-0.1, -0.05) is 319 Å². The molecule has 10 aromatic carbocycles. The topological polar surface area (TPSA) is 132 Å². The lowest BCUT2D eigenvalue weighted by Gasteiger charge is -2.06. The van der Waals surface area contributed by atoms with Crippen LogP contribution >= 0.6 is 63.1 Å². The van der Waals surface area contributed by atoms with Crippen LogP contribution in [0.15, 0.2) is 267 Å². The zero-order chi connectivity index (χ0) is 86.0. The molecule has 0 heterocycles. The molecule has 0 aliphatic rings. The zero-order valence-corrected chi connectivity index (χ0v) is 77.6. The van der Waals surface area contributed by atoms with Gasteiger partial charge in [0.2, 0.25) is 0 Å². The van der Waals surface area contributed by atoms with E-state index in [4.69, 9.17) is 86.8 Å². The third-order valence-electron chi connectivity index (χ3n) is 20.2. The molecule has 0 spiro atoms. The van der Waals surface area contributed by atoms with Gasteiger partial charge in [0.1, 0.15) is 28.7 Å².